The monoisotopic (exact) mass is 446 g/mol. The van der Waals surface area contributed by atoms with Gasteiger partial charge >= 0.3 is 0 Å². The first-order valence-corrected chi connectivity index (χ1v) is 9.74. The Hall–Kier alpha value is -3.15. The van der Waals surface area contributed by atoms with Crippen molar-refractivity contribution < 1.29 is 44.5 Å². The van der Waals surface area contributed by atoms with Crippen molar-refractivity contribution in [1.82, 2.24) is 0 Å². The fourth-order valence-corrected chi connectivity index (χ4v) is 3.83. The van der Waals surface area contributed by atoms with Gasteiger partial charge in [-0.3, -0.25) is 4.79 Å². The van der Waals surface area contributed by atoms with E-state index >= 15 is 0 Å². The Balaban J connectivity index is 1.94. The van der Waals surface area contributed by atoms with E-state index in [1.165, 1.54) is 7.11 Å². The fourth-order valence-electron chi connectivity index (χ4n) is 3.83. The third-order valence-corrected chi connectivity index (χ3v) is 5.55. The normalized spacial score (nSPS) is 25.7. The summed E-state index contributed by atoms with van der Waals surface area (Å²) in [5.41, 5.74) is -0.625. The summed E-state index contributed by atoms with van der Waals surface area (Å²) >= 11 is 0. The molecule has 2 aromatic carbocycles. The molecule has 32 heavy (non-hydrogen) atoms. The number of aliphatic hydroxyl groups is 4. The van der Waals surface area contributed by atoms with Gasteiger partial charge in [-0.05, 0) is 24.3 Å². The predicted molar refractivity (Wildman–Crippen MR) is 111 cm³/mol. The quantitative estimate of drug-likeness (QED) is 0.330. The maximum absolute atomic E-state index is 12.8. The van der Waals surface area contributed by atoms with Crippen molar-refractivity contribution in [2.45, 2.75) is 30.5 Å². The highest BCUT2D eigenvalue weighted by Crippen LogP contribution is 2.43. The summed E-state index contributed by atoms with van der Waals surface area (Å²) in [5.74, 6) is -0.453. The second-order valence-corrected chi connectivity index (χ2v) is 7.49. The van der Waals surface area contributed by atoms with E-state index < -0.39 is 54.1 Å². The lowest BCUT2D eigenvalue weighted by molar-refractivity contribution is -0.231. The molecule has 1 fully saturated rings. The van der Waals surface area contributed by atoms with Crippen LogP contribution in [0.3, 0.4) is 0 Å². The third-order valence-electron chi connectivity index (χ3n) is 5.55. The average Bonchev–Trinajstić information content (AvgIpc) is 2.78. The predicted octanol–water partition coefficient (Wildman–Crippen LogP) is 0.395. The van der Waals surface area contributed by atoms with Crippen LogP contribution in [0.5, 0.6) is 17.2 Å². The molecule has 4 rings (SSSR count). The van der Waals surface area contributed by atoms with Gasteiger partial charge in [0.1, 0.15) is 58.9 Å². The van der Waals surface area contributed by atoms with Gasteiger partial charge in [0.05, 0.1) is 19.3 Å². The molecule has 6 N–H and O–H groups in total. The molecule has 0 radical (unpaired) electrons. The van der Waals surface area contributed by atoms with Crippen LogP contribution in [0.25, 0.3) is 22.3 Å². The lowest BCUT2D eigenvalue weighted by Crippen LogP contribution is -2.55. The van der Waals surface area contributed by atoms with Crippen molar-refractivity contribution >= 4 is 11.0 Å². The highest BCUT2D eigenvalue weighted by atomic mass is 16.5. The highest BCUT2D eigenvalue weighted by Gasteiger charge is 2.46. The van der Waals surface area contributed by atoms with Crippen LogP contribution in [-0.2, 0) is 4.74 Å². The van der Waals surface area contributed by atoms with Crippen molar-refractivity contribution in [3.63, 3.8) is 0 Å². The van der Waals surface area contributed by atoms with Gasteiger partial charge in [0.2, 0.25) is 0 Å². The molecule has 170 valence electrons. The van der Waals surface area contributed by atoms with Crippen LogP contribution in [0.4, 0.5) is 0 Å². The molecule has 1 saturated heterocycles. The molecular weight excluding hydrogens is 424 g/mol. The SMILES string of the molecule is COc1ccc(-c2cc(=O)c3c(O)cc(O)c([C@@H]4O[C@H](CO)[C@@H](O)[C@H](O)[C@H]4O)c3o2)cc1. The molecule has 5 atom stereocenters. The number of phenols is 2. The van der Waals surface area contributed by atoms with Gasteiger partial charge < -0.3 is 44.5 Å². The number of rotatable bonds is 4. The molecule has 1 aliphatic heterocycles. The first-order chi connectivity index (χ1) is 15.3. The topological polar surface area (TPSA) is 170 Å². The molecule has 10 heteroatoms. The van der Waals surface area contributed by atoms with Crippen molar-refractivity contribution in [3.8, 4) is 28.6 Å². The van der Waals surface area contributed by atoms with Crippen LogP contribution < -0.4 is 10.2 Å². The Morgan fingerprint density at radius 3 is 2.28 bits per heavy atom. The number of hydrogen-bond donors (Lipinski definition) is 6. The Morgan fingerprint density at radius 2 is 1.66 bits per heavy atom. The van der Waals surface area contributed by atoms with Crippen molar-refractivity contribution in [2.75, 3.05) is 13.7 Å². The lowest BCUT2D eigenvalue weighted by atomic mass is 9.89. The summed E-state index contributed by atoms with van der Waals surface area (Å²) in [6, 6.07) is 8.63. The average molecular weight is 446 g/mol. The minimum Gasteiger partial charge on any atom is -0.507 e. The molecular formula is C22H22O10. The van der Waals surface area contributed by atoms with E-state index in [9.17, 15) is 35.4 Å². The van der Waals surface area contributed by atoms with E-state index in [4.69, 9.17) is 13.9 Å². The zero-order chi connectivity index (χ0) is 23.2. The summed E-state index contributed by atoms with van der Waals surface area (Å²) in [7, 11) is 1.50. The van der Waals surface area contributed by atoms with Crippen LogP contribution in [0, 0.1) is 0 Å². The van der Waals surface area contributed by atoms with Gasteiger partial charge in [-0.2, -0.15) is 0 Å². The number of hydrogen-bond acceptors (Lipinski definition) is 10. The van der Waals surface area contributed by atoms with Crippen LogP contribution in [0.2, 0.25) is 0 Å². The molecule has 0 spiro atoms. The number of fused-ring (bicyclic) bond motifs is 1. The number of methoxy groups -OCH3 is 1. The molecule has 3 aromatic rings. The number of aromatic hydroxyl groups is 2. The number of ether oxygens (including phenoxy) is 2. The molecule has 0 amide bonds. The zero-order valence-corrected chi connectivity index (χ0v) is 16.9. The highest BCUT2D eigenvalue weighted by molar-refractivity contribution is 5.89. The number of aliphatic hydroxyl groups excluding tert-OH is 4. The maximum Gasteiger partial charge on any atom is 0.197 e. The fraction of sp³-hybridized carbons (Fsp3) is 0.318. The third kappa shape index (κ3) is 3.57. The van der Waals surface area contributed by atoms with E-state index in [1.54, 1.807) is 24.3 Å². The second kappa shape index (κ2) is 8.41. The minimum absolute atomic E-state index is 0.0981. The van der Waals surface area contributed by atoms with Gasteiger partial charge in [0.15, 0.2) is 11.0 Å². The molecule has 1 aromatic heterocycles. The first-order valence-electron chi connectivity index (χ1n) is 9.74. The van der Waals surface area contributed by atoms with E-state index in [0.29, 0.717) is 11.3 Å². The molecule has 0 unspecified atom stereocenters. The van der Waals surface area contributed by atoms with Gasteiger partial charge in [-0.15, -0.1) is 0 Å². The first kappa shape index (κ1) is 22.1. The van der Waals surface area contributed by atoms with Crippen LogP contribution in [0.15, 0.2) is 45.6 Å². The second-order valence-electron chi connectivity index (χ2n) is 7.49. The van der Waals surface area contributed by atoms with E-state index in [2.05, 4.69) is 0 Å². The van der Waals surface area contributed by atoms with Crippen molar-refractivity contribution in [3.05, 3.63) is 52.2 Å². The Kier molecular flexibility index (Phi) is 5.80. The van der Waals surface area contributed by atoms with Gasteiger partial charge in [-0.25, -0.2) is 0 Å². The van der Waals surface area contributed by atoms with E-state index in [0.717, 1.165) is 12.1 Å². The van der Waals surface area contributed by atoms with E-state index in [1.807, 2.05) is 0 Å². The molecule has 0 bridgehead atoms. The molecule has 2 heterocycles. The summed E-state index contributed by atoms with van der Waals surface area (Å²) < 4.78 is 16.5. The smallest absolute Gasteiger partial charge is 0.197 e. The Morgan fingerprint density at radius 1 is 0.969 bits per heavy atom. The molecule has 0 aliphatic carbocycles. The summed E-state index contributed by atoms with van der Waals surface area (Å²) in [4.78, 5) is 12.8. The number of phenolic OH excluding ortho intramolecular Hbond substituents is 2. The lowest BCUT2D eigenvalue weighted by Gasteiger charge is -2.40. The summed E-state index contributed by atoms with van der Waals surface area (Å²) in [5, 5.41) is 60.8. The Bertz CT molecular complexity index is 1180. The van der Waals surface area contributed by atoms with E-state index in [-0.39, 0.29) is 22.3 Å². The van der Waals surface area contributed by atoms with Crippen molar-refractivity contribution in [2.24, 2.45) is 0 Å². The largest absolute Gasteiger partial charge is 0.507 e. The number of benzene rings is 2. The van der Waals surface area contributed by atoms with Crippen LogP contribution in [-0.4, -0.2) is 68.8 Å². The summed E-state index contributed by atoms with van der Waals surface area (Å²) in [6.45, 7) is -0.681. The summed E-state index contributed by atoms with van der Waals surface area (Å²) in [6.07, 6.45) is -7.80. The van der Waals surface area contributed by atoms with Crippen LogP contribution >= 0.6 is 0 Å². The Labute approximate surface area is 181 Å². The molecule has 1 aliphatic rings. The molecule has 10 nitrogen and oxygen atoms in total. The molecule has 0 saturated carbocycles. The maximum atomic E-state index is 12.8. The standard InChI is InChI=1S/C22H22O10/c1-30-10-4-2-9(3-5-10)14-7-13(26)16-11(24)6-12(25)17(21(16)31-14)22-20(29)19(28)18(27)15(8-23)32-22/h2-7,15,18-20,22-25,27-29H,8H2,1H3/t15-,18-,19+,20-,22+/m1/s1. The zero-order valence-electron chi connectivity index (χ0n) is 16.9. The van der Waals surface area contributed by atoms with Gasteiger partial charge in [0.25, 0.3) is 0 Å². The van der Waals surface area contributed by atoms with Crippen LogP contribution in [0.1, 0.15) is 11.7 Å². The van der Waals surface area contributed by atoms with Gasteiger partial charge in [0, 0.05) is 17.7 Å². The van der Waals surface area contributed by atoms with Crippen molar-refractivity contribution in [1.29, 1.82) is 0 Å². The minimum atomic E-state index is -1.73. The van der Waals surface area contributed by atoms with Gasteiger partial charge in [-0.1, -0.05) is 0 Å².